The zero-order valence-electron chi connectivity index (χ0n) is 3.91. The van der Waals surface area contributed by atoms with E-state index in [1.807, 2.05) is 0 Å². The Hall–Kier alpha value is 1.06. The first-order valence-electron chi connectivity index (χ1n) is 1.71. The molecule has 0 aromatic rings. The van der Waals surface area contributed by atoms with Gasteiger partial charge in [0.05, 0.1) is 0 Å². The van der Waals surface area contributed by atoms with Gasteiger partial charge in [0.15, 0.2) is 0 Å². The standard InChI is InChI=1S/C4H9N.Y/c1-3-4-5-2;/h5H,1-4H2;/q-2;. The molecule has 0 aromatic carbocycles. The van der Waals surface area contributed by atoms with E-state index < -0.39 is 0 Å². The molecule has 0 aromatic heterocycles. The van der Waals surface area contributed by atoms with Crippen LogP contribution in [0.3, 0.4) is 0 Å². The molecular formula is C4H9NY-2. The van der Waals surface area contributed by atoms with Crippen molar-refractivity contribution in [2.75, 3.05) is 6.54 Å². The van der Waals surface area contributed by atoms with Crippen LogP contribution < -0.4 is 5.32 Å². The summed E-state index contributed by atoms with van der Waals surface area (Å²) in [5.41, 5.74) is 0. The molecule has 0 aliphatic carbocycles. The molecule has 0 heterocycles. The first-order chi connectivity index (χ1) is 2.41. The van der Waals surface area contributed by atoms with Crippen LogP contribution in [0.15, 0.2) is 0 Å². The maximum atomic E-state index is 3.57. The summed E-state index contributed by atoms with van der Waals surface area (Å²) in [6.07, 6.45) is 0.920. The van der Waals surface area contributed by atoms with Gasteiger partial charge < -0.3 is 12.2 Å². The van der Waals surface area contributed by atoms with E-state index in [1.165, 1.54) is 0 Å². The van der Waals surface area contributed by atoms with Crippen molar-refractivity contribution in [3.8, 4) is 0 Å². The molecule has 0 aliphatic rings. The summed E-state index contributed by atoms with van der Waals surface area (Å²) < 4.78 is 0. The monoisotopic (exact) mass is 160 g/mol. The number of nitrogens with one attached hydrogen (secondary N) is 1. The van der Waals surface area contributed by atoms with E-state index in [0.29, 0.717) is 0 Å². The maximum absolute atomic E-state index is 3.57. The molecule has 2 heteroatoms. The second-order valence-electron chi connectivity index (χ2n) is 0.854. The molecule has 0 saturated carbocycles. The van der Waals surface area contributed by atoms with Gasteiger partial charge >= 0.3 is 0 Å². The Morgan fingerprint density at radius 2 is 2.00 bits per heavy atom. The first-order valence-corrected chi connectivity index (χ1v) is 1.71. The van der Waals surface area contributed by atoms with E-state index in [1.54, 1.807) is 0 Å². The summed E-state index contributed by atoms with van der Waals surface area (Å²) in [6, 6.07) is 0. The van der Waals surface area contributed by atoms with Gasteiger partial charge in [0.2, 0.25) is 0 Å². The molecule has 1 radical (unpaired) electrons. The molecule has 0 unspecified atom stereocenters. The Bertz CT molecular complexity index is 15.0. The van der Waals surface area contributed by atoms with Gasteiger partial charge in [-0.15, -0.1) is 0 Å². The Balaban J connectivity index is 0. The molecule has 0 rings (SSSR count). The van der Waals surface area contributed by atoms with Crippen LogP contribution in [-0.4, -0.2) is 6.54 Å². The van der Waals surface area contributed by atoms with Gasteiger partial charge in [-0.05, 0) is 0 Å². The van der Waals surface area contributed by atoms with Gasteiger partial charge in [0, 0.05) is 32.7 Å². The van der Waals surface area contributed by atoms with Crippen molar-refractivity contribution in [2.45, 2.75) is 6.42 Å². The minimum absolute atomic E-state index is 0. The smallest absolute Gasteiger partial charge is 0 e. The van der Waals surface area contributed by atoms with Crippen LogP contribution in [0.4, 0.5) is 0 Å². The molecule has 0 spiro atoms. The summed E-state index contributed by atoms with van der Waals surface area (Å²) >= 11 is 0. The van der Waals surface area contributed by atoms with E-state index in [2.05, 4.69) is 19.3 Å². The van der Waals surface area contributed by atoms with Gasteiger partial charge in [-0.1, -0.05) is 6.54 Å². The van der Waals surface area contributed by atoms with Crippen LogP contribution in [0.5, 0.6) is 0 Å². The quantitative estimate of drug-likeness (QED) is 0.583. The third kappa shape index (κ3) is 8.91. The Kier molecular flexibility index (Phi) is 15.9. The Labute approximate surface area is 64.8 Å². The van der Waals surface area contributed by atoms with Crippen molar-refractivity contribution in [3.05, 3.63) is 14.0 Å². The summed E-state index contributed by atoms with van der Waals surface area (Å²) in [5.74, 6) is 0. The van der Waals surface area contributed by atoms with Crippen LogP contribution in [-0.2, 0) is 32.7 Å². The number of rotatable bonds is 2. The predicted octanol–water partition coefficient (Wildman–Crippen LogP) is 0.589. The normalized spacial score (nSPS) is 7.00. The van der Waals surface area contributed by atoms with Crippen molar-refractivity contribution in [2.24, 2.45) is 0 Å². The van der Waals surface area contributed by atoms with Gasteiger partial charge in [-0.25, -0.2) is 0 Å². The Morgan fingerprint density at radius 3 is 2.00 bits per heavy atom. The van der Waals surface area contributed by atoms with E-state index in [4.69, 9.17) is 0 Å². The Morgan fingerprint density at radius 1 is 1.50 bits per heavy atom. The van der Waals surface area contributed by atoms with Crippen LogP contribution >= 0.6 is 0 Å². The molecule has 0 aliphatic heterocycles. The molecule has 1 N–H and O–H groups in total. The van der Waals surface area contributed by atoms with Crippen molar-refractivity contribution in [1.82, 2.24) is 5.32 Å². The number of hydrogen-bond acceptors (Lipinski definition) is 1. The average molecular weight is 160 g/mol. The average Bonchev–Trinajstić information content (AvgIpc) is 1.41. The third-order valence-electron chi connectivity index (χ3n) is 0.354. The zero-order valence-corrected chi connectivity index (χ0v) is 6.74. The van der Waals surface area contributed by atoms with E-state index in [0.717, 1.165) is 13.0 Å². The molecule has 0 atom stereocenters. The van der Waals surface area contributed by atoms with Crippen LogP contribution in [0.1, 0.15) is 6.42 Å². The fraction of sp³-hybridized carbons (Fsp3) is 0.500. The van der Waals surface area contributed by atoms with Gasteiger partial charge in [0.1, 0.15) is 0 Å². The zero-order chi connectivity index (χ0) is 4.12. The first kappa shape index (κ1) is 10.1. The summed E-state index contributed by atoms with van der Waals surface area (Å²) in [4.78, 5) is 0. The SMILES string of the molecule is [CH2-]CCN[CH2-].[Y]. The van der Waals surface area contributed by atoms with E-state index in [-0.39, 0.29) is 32.7 Å². The molecular weight excluding hydrogens is 151 g/mol. The van der Waals surface area contributed by atoms with Gasteiger partial charge in [-0.3, -0.25) is 7.05 Å². The van der Waals surface area contributed by atoms with E-state index >= 15 is 0 Å². The van der Waals surface area contributed by atoms with E-state index in [9.17, 15) is 0 Å². The van der Waals surface area contributed by atoms with Crippen LogP contribution in [0.25, 0.3) is 0 Å². The fourth-order valence-corrected chi connectivity index (χ4v) is 0.125. The molecule has 0 fully saturated rings. The fourth-order valence-electron chi connectivity index (χ4n) is 0.125. The minimum Gasteiger partial charge on any atom is -0.475 e. The maximum Gasteiger partial charge on any atom is 0 e. The molecule has 0 saturated heterocycles. The second-order valence-corrected chi connectivity index (χ2v) is 0.854. The van der Waals surface area contributed by atoms with Crippen LogP contribution in [0.2, 0.25) is 0 Å². The number of hydrogen-bond donors (Lipinski definition) is 1. The minimum atomic E-state index is 0. The molecule has 35 valence electrons. The summed E-state index contributed by atoms with van der Waals surface area (Å²) in [5, 5.41) is 2.70. The molecule has 0 amide bonds. The molecule has 0 bridgehead atoms. The molecule has 1 nitrogen and oxygen atoms in total. The van der Waals surface area contributed by atoms with Crippen molar-refractivity contribution < 1.29 is 32.7 Å². The van der Waals surface area contributed by atoms with Gasteiger partial charge in [0.25, 0.3) is 0 Å². The predicted molar refractivity (Wildman–Crippen MR) is 23.3 cm³/mol. The third-order valence-corrected chi connectivity index (χ3v) is 0.354. The largest absolute Gasteiger partial charge is 0.475 e. The summed E-state index contributed by atoms with van der Waals surface area (Å²) in [7, 11) is 3.39. The van der Waals surface area contributed by atoms with Gasteiger partial charge in [-0.2, -0.15) is 6.42 Å². The molecule has 6 heavy (non-hydrogen) atoms. The van der Waals surface area contributed by atoms with Crippen molar-refractivity contribution in [3.63, 3.8) is 0 Å². The summed E-state index contributed by atoms with van der Waals surface area (Å²) in [6.45, 7) is 4.49. The second kappa shape index (κ2) is 9.42. The van der Waals surface area contributed by atoms with Crippen molar-refractivity contribution in [1.29, 1.82) is 0 Å². The topological polar surface area (TPSA) is 12.0 Å². The van der Waals surface area contributed by atoms with Crippen LogP contribution in [0, 0.1) is 14.0 Å². The van der Waals surface area contributed by atoms with Crippen molar-refractivity contribution >= 4 is 0 Å².